The van der Waals surface area contributed by atoms with Crippen LogP contribution in [0, 0.1) is 19.7 Å². The first kappa shape index (κ1) is 23.9. The van der Waals surface area contributed by atoms with Gasteiger partial charge in [0, 0.05) is 35.0 Å². The van der Waals surface area contributed by atoms with Crippen LogP contribution in [-0.4, -0.2) is 47.8 Å². The molecule has 0 bridgehead atoms. The predicted octanol–water partition coefficient (Wildman–Crippen LogP) is 3.62. The van der Waals surface area contributed by atoms with Gasteiger partial charge in [0.25, 0.3) is 0 Å². The summed E-state index contributed by atoms with van der Waals surface area (Å²) in [7, 11) is -3.06. The Morgan fingerprint density at radius 3 is 2.65 bits per heavy atom. The fraction of sp³-hybridized carbons (Fsp3) is 0.375. The summed E-state index contributed by atoms with van der Waals surface area (Å²) in [6, 6.07) is 7.30. The normalized spacial score (nSPS) is 17.1. The van der Waals surface area contributed by atoms with Gasteiger partial charge in [-0.1, -0.05) is 0 Å². The molecule has 1 aliphatic rings. The van der Waals surface area contributed by atoms with Gasteiger partial charge >= 0.3 is 5.97 Å². The molecule has 1 aromatic carbocycles. The minimum absolute atomic E-state index is 0.0182. The molecule has 0 spiro atoms. The molecule has 2 aromatic heterocycles. The molecule has 0 amide bonds. The summed E-state index contributed by atoms with van der Waals surface area (Å²) in [6.45, 7) is 3.20. The van der Waals surface area contributed by atoms with Crippen LogP contribution in [0.3, 0.4) is 0 Å². The topological polar surface area (TPSA) is 108 Å². The van der Waals surface area contributed by atoms with Gasteiger partial charge in [-0.3, -0.25) is 9.59 Å². The van der Waals surface area contributed by atoms with Crippen molar-refractivity contribution in [3.63, 3.8) is 0 Å². The van der Waals surface area contributed by atoms with E-state index in [0.717, 1.165) is 5.69 Å². The number of hydrogen-bond donors (Lipinski definition) is 0. The molecule has 34 heavy (non-hydrogen) atoms. The molecule has 0 aliphatic carbocycles. The Morgan fingerprint density at radius 1 is 1.24 bits per heavy atom. The number of aromatic nitrogens is 2. The van der Waals surface area contributed by atoms with Gasteiger partial charge in [-0.25, -0.2) is 17.8 Å². The summed E-state index contributed by atoms with van der Waals surface area (Å²) in [4.78, 5) is 28.9. The quantitative estimate of drug-likeness (QED) is 0.352. The van der Waals surface area contributed by atoms with E-state index in [0.29, 0.717) is 34.9 Å². The van der Waals surface area contributed by atoms with Crippen molar-refractivity contribution >= 4 is 21.6 Å². The van der Waals surface area contributed by atoms with Gasteiger partial charge in [-0.2, -0.15) is 0 Å². The maximum atomic E-state index is 13.1. The Hall–Kier alpha value is -3.27. The van der Waals surface area contributed by atoms with E-state index >= 15 is 0 Å². The van der Waals surface area contributed by atoms with Crippen molar-refractivity contribution in [1.29, 1.82) is 0 Å². The molecule has 3 aromatic rings. The molecule has 180 valence electrons. The van der Waals surface area contributed by atoms with Gasteiger partial charge in [-0.15, -0.1) is 0 Å². The van der Waals surface area contributed by atoms with Crippen LogP contribution in [0.2, 0.25) is 0 Å². The van der Waals surface area contributed by atoms with Crippen molar-refractivity contribution in [2.45, 2.75) is 39.2 Å². The van der Waals surface area contributed by atoms with Crippen LogP contribution in [0.25, 0.3) is 11.3 Å². The maximum absolute atomic E-state index is 13.1. The second-order valence-corrected chi connectivity index (χ2v) is 10.6. The summed E-state index contributed by atoms with van der Waals surface area (Å²) in [5, 5.41) is 0. The number of Topliss-reactive ketones (excluding diaryl/α,β-unsaturated/α-hetero) is 1. The highest BCUT2D eigenvalue weighted by Crippen LogP contribution is 2.29. The SMILES string of the molecule is Cc1cc(C(=O)COC(=O)CCc2ncc(-c3ccc(F)cc3)o2)c(C)n1C1CCS(=O)(=O)C1. The van der Waals surface area contributed by atoms with Gasteiger partial charge in [0.1, 0.15) is 5.82 Å². The number of carbonyl (C=O) groups is 2. The number of ketones is 1. The molecule has 1 aliphatic heterocycles. The van der Waals surface area contributed by atoms with E-state index < -0.39 is 22.4 Å². The molecule has 0 radical (unpaired) electrons. The molecular weight excluding hydrogens is 463 g/mol. The number of halogens is 1. The lowest BCUT2D eigenvalue weighted by Crippen LogP contribution is -2.17. The van der Waals surface area contributed by atoms with Crippen molar-refractivity contribution in [1.82, 2.24) is 9.55 Å². The van der Waals surface area contributed by atoms with E-state index in [1.165, 1.54) is 18.3 Å². The highest BCUT2D eigenvalue weighted by Gasteiger charge is 2.31. The lowest BCUT2D eigenvalue weighted by atomic mass is 10.1. The summed E-state index contributed by atoms with van der Waals surface area (Å²) in [5.41, 5.74) is 2.57. The summed E-state index contributed by atoms with van der Waals surface area (Å²) in [6.07, 6.45) is 2.20. The zero-order valence-corrected chi connectivity index (χ0v) is 19.7. The molecule has 8 nitrogen and oxygen atoms in total. The van der Waals surface area contributed by atoms with Crippen molar-refractivity contribution in [3.8, 4) is 11.3 Å². The van der Waals surface area contributed by atoms with Crippen molar-refractivity contribution < 1.29 is 31.6 Å². The third-order valence-corrected chi connectivity index (χ3v) is 7.70. The molecule has 1 saturated heterocycles. The van der Waals surface area contributed by atoms with Gasteiger partial charge < -0.3 is 13.7 Å². The molecule has 1 fully saturated rings. The molecular formula is C24H25FN2O6S. The Bertz CT molecular complexity index is 1320. The number of sulfone groups is 1. The molecule has 0 N–H and O–H groups in total. The third kappa shape index (κ3) is 5.27. The summed E-state index contributed by atoms with van der Waals surface area (Å²) in [5.74, 6) is -0.258. The first-order chi connectivity index (χ1) is 16.1. The average Bonchev–Trinajstić information content (AvgIpc) is 3.48. The minimum Gasteiger partial charge on any atom is -0.457 e. The minimum atomic E-state index is -3.06. The van der Waals surface area contributed by atoms with Crippen LogP contribution in [-0.2, 0) is 25.8 Å². The van der Waals surface area contributed by atoms with E-state index in [4.69, 9.17) is 9.15 Å². The molecule has 3 heterocycles. The number of esters is 1. The second-order valence-electron chi connectivity index (χ2n) is 8.42. The first-order valence-corrected chi connectivity index (χ1v) is 12.7. The number of aryl methyl sites for hydroxylation is 2. The lowest BCUT2D eigenvalue weighted by Gasteiger charge is -2.16. The van der Waals surface area contributed by atoms with Crippen LogP contribution < -0.4 is 0 Å². The monoisotopic (exact) mass is 488 g/mol. The Kier molecular flexibility index (Phi) is 6.70. The van der Waals surface area contributed by atoms with Gasteiger partial charge in [0.2, 0.25) is 5.78 Å². The van der Waals surface area contributed by atoms with Crippen LogP contribution in [0.4, 0.5) is 4.39 Å². The number of oxazole rings is 1. The van der Waals surface area contributed by atoms with Crippen LogP contribution in [0.15, 0.2) is 40.9 Å². The zero-order chi connectivity index (χ0) is 24.5. The van der Waals surface area contributed by atoms with Crippen LogP contribution in [0.1, 0.15) is 46.5 Å². The third-order valence-electron chi connectivity index (χ3n) is 5.95. The van der Waals surface area contributed by atoms with Crippen LogP contribution >= 0.6 is 0 Å². The molecule has 1 atom stereocenters. The number of rotatable bonds is 8. The van der Waals surface area contributed by atoms with E-state index in [1.54, 1.807) is 25.1 Å². The van der Waals surface area contributed by atoms with E-state index in [1.807, 2.05) is 11.5 Å². The van der Waals surface area contributed by atoms with Crippen LogP contribution in [0.5, 0.6) is 0 Å². The first-order valence-electron chi connectivity index (χ1n) is 10.9. The molecule has 1 unspecified atom stereocenters. The highest BCUT2D eigenvalue weighted by molar-refractivity contribution is 7.91. The van der Waals surface area contributed by atoms with Gasteiger partial charge in [-0.05, 0) is 50.6 Å². The number of ether oxygens (including phenoxy) is 1. The largest absolute Gasteiger partial charge is 0.457 e. The van der Waals surface area contributed by atoms with E-state index in [2.05, 4.69) is 4.98 Å². The number of hydrogen-bond acceptors (Lipinski definition) is 7. The standard InChI is InChI=1S/C24H25FN2O6S/c1-15-11-20(16(2)27(15)19-9-10-34(30,31)14-19)21(28)13-32-24(29)8-7-23-26-12-22(33-23)17-3-5-18(25)6-4-17/h3-6,11-12,19H,7-10,13-14H2,1-2H3. The second kappa shape index (κ2) is 9.54. The molecule has 4 rings (SSSR count). The van der Waals surface area contributed by atoms with Crippen molar-refractivity contribution in [3.05, 3.63) is 65.2 Å². The summed E-state index contributed by atoms with van der Waals surface area (Å²) >= 11 is 0. The number of nitrogens with zero attached hydrogens (tertiary/aromatic N) is 2. The highest BCUT2D eigenvalue weighted by atomic mass is 32.2. The fourth-order valence-corrected chi connectivity index (χ4v) is 5.98. The van der Waals surface area contributed by atoms with E-state index in [-0.39, 0.29) is 42.0 Å². The average molecular weight is 489 g/mol. The van der Waals surface area contributed by atoms with Gasteiger partial charge in [0.15, 0.2) is 28.1 Å². The van der Waals surface area contributed by atoms with E-state index in [9.17, 15) is 22.4 Å². The van der Waals surface area contributed by atoms with Gasteiger partial charge in [0.05, 0.1) is 24.1 Å². The Balaban J connectivity index is 1.30. The lowest BCUT2D eigenvalue weighted by molar-refractivity contribution is -0.142. The predicted molar refractivity (Wildman–Crippen MR) is 122 cm³/mol. The molecule has 0 saturated carbocycles. The fourth-order valence-electron chi connectivity index (χ4n) is 4.28. The molecule has 10 heteroatoms. The van der Waals surface area contributed by atoms with Crippen molar-refractivity contribution in [2.75, 3.05) is 18.1 Å². The Morgan fingerprint density at radius 2 is 1.97 bits per heavy atom. The number of carbonyl (C=O) groups excluding carboxylic acids is 2. The Labute approximate surface area is 196 Å². The maximum Gasteiger partial charge on any atom is 0.306 e. The van der Waals surface area contributed by atoms with Crippen molar-refractivity contribution in [2.24, 2.45) is 0 Å². The zero-order valence-electron chi connectivity index (χ0n) is 18.9. The number of benzene rings is 1. The summed E-state index contributed by atoms with van der Waals surface area (Å²) < 4.78 is 49.4. The smallest absolute Gasteiger partial charge is 0.306 e.